The first kappa shape index (κ1) is 16.7. The van der Waals surface area contributed by atoms with Gasteiger partial charge in [0.25, 0.3) is 0 Å². The van der Waals surface area contributed by atoms with Gasteiger partial charge in [-0.25, -0.2) is 0 Å². The number of aliphatic hydroxyl groups is 1. The minimum atomic E-state index is -0.861. The molecule has 2 aromatic carbocycles. The number of benzene rings is 2. The van der Waals surface area contributed by atoms with Gasteiger partial charge in [0.1, 0.15) is 0 Å². The van der Waals surface area contributed by atoms with Crippen LogP contribution in [0, 0.1) is 6.92 Å². The van der Waals surface area contributed by atoms with Crippen LogP contribution in [-0.4, -0.2) is 28.8 Å². The molecule has 0 amide bonds. The molecule has 2 aromatic rings. The molecule has 1 aliphatic rings. The van der Waals surface area contributed by atoms with Gasteiger partial charge in [0.15, 0.2) is 0 Å². The molecule has 0 radical (unpaired) electrons. The van der Waals surface area contributed by atoms with E-state index in [1.165, 1.54) is 16.7 Å². The number of hydrogen-bond acceptors (Lipinski definition) is 3. The van der Waals surface area contributed by atoms with Crippen LogP contribution in [0.1, 0.15) is 35.1 Å². The zero-order chi connectivity index (χ0) is 17.2. The first-order valence-corrected chi connectivity index (χ1v) is 8.27. The van der Waals surface area contributed by atoms with Gasteiger partial charge in [-0.15, -0.1) is 0 Å². The molecule has 24 heavy (non-hydrogen) atoms. The van der Waals surface area contributed by atoms with Crippen LogP contribution in [0.5, 0.6) is 0 Å². The van der Waals surface area contributed by atoms with Gasteiger partial charge in [-0.3, -0.25) is 4.79 Å². The predicted molar refractivity (Wildman–Crippen MR) is 93.0 cm³/mol. The lowest BCUT2D eigenvalue weighted by atomic mass is 9.84. The van der Waals surface area contributed by atoms with E-state index in [0.717, 1.165) is 12.0 Å². The lowest BCUT2D eigenvalue weighted by molar-refractivity contribution is -0.138. The van der Waals surface area contributed by atoms with Crippen molar-refractivity contribution in [2.24, 2.45) is 0 Å². The van der Waals surface area contributed by atoms with Crippen LogP contribution in [0.2, 0.25) is 0 Å². The molecular weight excluding hydrogens is 302 g/mol. The van der Waals surface area contributed by atoms with Crippen molar-refractivity contribution in [3.05, 3.63) is 70.8 Å². The Morgan fingerprint density at radius 2 is 1.92 bits per heavy atom. The maximum atomic E-state index is 11.3. The van der Waals surface area contributed by atoms with Crippen LogP contribution in [0.3, 0.4) is 0 Å². The van der Waals surface area contributed by atoms with Gasteiger partial charge in [-0.1, -0.05) is 48.5 Å². The molecule has 0 aromatic heterocycles. The largest absolute Gasteiger partial charge is 0.481 e. The van der Waals surface area contributed by atoms with Crippen molar-refractivity contribution in [2.75, 3.05) is 6.54 Å². The van der Waals surface area contributed by atoms with E-state index in [4.69, 9.17) is 0 Å². The Kier molecular flexibility index (Phi) is 4.69. The highest BCUT2D eigenvalue weighted by Crippen LogP contribution is 2.34. The third-order valence-corrected chi connectivity index (χ3v) is 4.88. The van der Waals surface area contributed by atoms with E-state index >= 15 is 0 Å². The number of aliphatic carboxylic acids is 1. The van der Waals surface area contributed by atoms with E-state index in [0.29, 0.717) is 13.0 Å². The minimum Gasteiger partial charge on any atom is -0.481 e. The summed E-state index contributed by atoms with van der Waals surface area (Å²) in [5.41, 5.74) is 4.00. The molecule has 0 unspecified atom stereocenters. The maximum Gasteiger partial charge on any atom is 0.305 e. The number of carboxylic acids is 1. The summed E-state index contributed by atoms with van der Waals surface area (Å²) in [6.07, 6.45) is 0.753. The fourth-order valence-electron chi connectivity index (χ4n) is 3.54. The molecule has 1 fully saturated rings. The number of rotatable bonds is 5. The molecule has 0 spiro atoms. The predicted octanol–water partition coefficient (Wildman–Crippen LogP) is 2.61. The first-order valence-electron chi connectivity index (χ1n) is 8.27. The molecule has 1 saturated heterocycles. The zero-order valence-electron chi connectivity index (χ0n) is 13.8. The third kappa shape index (κ3) is 3.50. The third-order valence-electron chi connectivity index (χ3n) is 4.88. The molecule has 4 nitrogen and oxygen atoms in total. The van der Waals surface area contributed by atoms with Crippen molar-refractivity contribution in [2.45, 2.75) is 37.8 Å². The molecule has 0 bridgehead atoms. The van der Waals surface area contributed by atoms with Gasteiger partial charge < -0.3 is 15.5 Å². The van der Waals surface area contributed by atoms with Gasteiger partial charge in [-0.05, 0) is 42.0 Å². The SMILES string of the molecule is Cc1ccccc1Cc1ccc([C@@]2(CC(=O)O)C[C@@H](O)CN2)cc1. The molecular formula is C20H23NO3. The summed E-state index contributed by atoms with van der Waals surface area (Å²) >= 11 is 0. The molecule has 2 atom stereocenters. The number of nitrogens with one attached hydrogen (secondary N) is 1. The highest BCUT2D eigenvalue weighted by atomic mass is 16.4. The van der Waals surface area contributed by atoms with Gasteiger partial charge in [0.2, 0.25) is 0 Å². The number of β-amino-alcohol motifs (C(OH)–C–C–N with tert-alkyl or cyclic N) is 1. The van der Waals surface area contributed by atoms with E-state index in [1.54, 1.807) is 0 Å². The average Bonchev–Trinajstić information content (AvgIpc) is 2.91. The van der Waals surface area contributed by atoms with Crippen molar-refractivity contribution in [1.29, 1.82) is 0 Å². The van der Waals surface area contributed by atoms with Crippen LogP contribution < -0.4 is 5.32 Å². The number of carbonyl (C=O) groups is 1. The van der Waals surface area contributed by atoms with Crippen LogP contribution in [0.4, 0.5) is 0 Å². The van der Waals surface area contributed by atoms with Crippen LogP contribution in [0.25, 0.3) is 0 Å². The number of carboxylic acid groups (broad SMARTS) is 1. The Labute approximate surface area is 142 Å². The minimum absolute atomic E-state index is 0.0266. The van der Waals surface area contributed by atoms with E-state index in [2.05, 4.69) is 36.5 Å². The Balaban J connectivity index is 1.82. The molecule has 0 aliphatic carbocycles. The van der Waals surface area contributed by atoms with Gasteiger partial charge in [0.05, 0.1) is 18.1 Å². The normalized spacial score (nSPS) is 23.3. The van der Waals surface area contributed by atoms with Crippen LogP contribution in [-0.2, 0) is 16.8 Å². The summed E-state index contributed by atoms with van der Waals surface area (Å²) in [6.45, 7) is 2.54. The zero-order valence-corrected chi connectivity index (χ0v) is 13.8. The van der Waals surface area contributed by atoms with E-state index in [1.807, 2.05) is 24.3 Å². The lowest BCUT2D eigenvalue weighted by Gasteiger charge is -2.28. The standard InChI is InChI=1S/C20H23NO3/c1-14-4-2-3-5-16(14)10-15-6-8-17(9-7-15)20(12-19(23)24)11-18(22)13-21-20/h2-9,18,21-22H,10-13H2,1H3,(H,23,24)/t18-,20+/m1/s1. The summed E-state index contributed by atoms with van der Waals surface area (Å²) in [7, 11) is 0. The average molecular weight is 325 g/mol. The summed E-state index contributed by atoms with van der Waals surface area (Å²) in [4.78, 5) is 11.3. The van der Waals surface area contributed by atoms with Crippen molar-refractivity contribution in [1.82, 2.24) is 5.32 Å². The van der Waals surface area contributed by atoms with Gasteiger partial charge in [-0.2, -0.15) is 0 Å². The number of aliphatic hydroxyl groups excluding tert-OH is 1. The van der Waals surface area contributed by atoms with Crippen molar-refractivity contribution < 1.29 is 15.0 Å². The maximum absolute atomic E-state index is 11.3. The fourth-order valence-corrected chi connectivity index (χ4v) is 3.54. The van der Waals surface area contributed by atoms with Gasteiger partial charge >= 0.3 is 5.97 Å². The van der Waals surface area contributed by atoms with Crippen molar-refractivity contribution in [3.63, 3.8) is 0 Å². The van der Waals surface area contributed by atoms with Gasteiger partial charge in [0, 0.05) is 6.54 Å². The van der Waals surface area contributed by atoms with E-state index < -0.39 is 17.6 Å². The summed E-state index contributed by atoms with van der Waals surface area (Å²) in [5, 5.41) is 22.3. The van der Waals surface area contributed by atoms with Crippen molar-refractivity contribution >= 4 is 5.97 Å². The molecule has 3 rings (SSSR count). The Morgan fingerprint density at radius 1 is 1.21 bits per heavy atom. The highest BCUT2D eigenvalue weighted by Gasteiger charge is 2.41. The second-order valence-corrected chi connectivity index (χ2v) is 6.69. The molecule has 1 aliphatic heterocycles. The second-order valence-electron chi connectivity index (χ2n) is 6.69. The van der Waals surface area contributed by atoms with E-state index in [9.17, 15) is 15.0 Å². The molecule has 1 heterocycles. The first-order chi connectivity index (χ1) is 11.5. The smallest absolute Gasteiger partial charge is 0.305 e. The monoisotopic (exact) mass is 325 g/mol. The van der Waals surface area contributed by atoms with Crippen LogP contribution in [0.15, 0.2) is 48.5 Å². The summed E-state index contributed by atoms with van der Waals surface area (Å²) < 4.78 is 0. The summed E-state index contributed by atoms with van der Waals surface area (Å²) in [5.74, 6) is -0.861. The lowest BCUT2D eigenvalue weighted by Crippen LogP contribution is -2.38. The molecule has 4 heteroatoms. The molecule has 126 valence electrons. The highest BCUT2D eigenvalue weighted by molar-refractivity contribution is 5.69. The summed E-state index contributed by atoms with van der Waals surface area (Å²) in [6, 6.07) is 16.4. The van der Waals surface area contributed by atoms with Crippen molar-refractivity contribution in [3.8, 4) is 0 Å². The molecule has 0 saturated carbocycles. The number of aryl methyl sites for hydroxylation is 1. The number of hydrogen-bond donors (Lipinski definition) is 3. The second kappa shape index (κ2) is 6.75. The quantitative estimate of drug-likeness (QED) is 0.790. The van der Waals surface area contributed by atoms with E-state index in [-0.39, 0.29) is 6.42 Å². The molecule has 3 N–H and O–H groups in total. The Hall–Kier alpha value is -2.17. The Morgan fingerprint density at radius 3 is 2.50 bits per heavy atom. The fraction of sp³-hybridized carbons (Fsp3) is 0.350. The topological polar surface area (TPSA) is 69.6 Å². The Bertz CT molecular complexity index is 726. The van der Waals surface area contributed by atoms with Crippen LogP contribution >= 0.6 is 0 Å².